The van der Waals surface area contributed by atoms with Gasteiger partial charge < -0.3 is 18.8 Å². The van der Waals surface area contributed by atoms with Crippen LogP contribution in [0.15, 0.2) is 41.0 Å². The van der Waals surface area contributed by atoms with Crippen LogP contribution in [0.25, 0.3) is 11.3 Å². The first-order valence-corrected chi connectivity index (χ1v) is 6.43. The van der Waals surface area contributed by atoms with Gasteiger partial charge in [-0.2, -0.15) is 0 Å². The Morgan fingerprint density at radius 2 is 2.00 bits per heavy atom. The molecule has 0 aliphatic carbocycles. The van der Waals surface area contributed by atoms with Gasteiger partial charge in [0.15, 0.2) is 0 Å². The van der Waals surface area contributed by atoms with Crippen molar-refractivity contribution in [3.63, 3.8) is 0 Å². The molecule has 1 saturated heterocycles. The minimum absolute atomic E-state index is 0.767. The monoisotopic (exact) mass is 259 g/mol. The summed E-state index contributed by atoms with van der Waals surface area (Å²) in [5, 5.41) is 0. The lowest BCUT2D eigenvalue weighted by atomic mass is 10.1. The molecule has 2 heterocycles. The average molecular weight is 259 g/mol. The molecule has 2 aromatic rings. The van der Waals surface area contributed by atoms with Crippen LogP contribution in [0.5, 0.6) is 5.75 Å². The molecule has 4 heteroatoms. The number of benzene rings is 1. The number of methoxy groups -OCH3 is 1. The fraction of sp³-hybridized carbons (Fsp3) is 0.333. The van der Waals surface area contributed by atoms with Crippen LogP contribution in [0.3, 0.4) is 0 Å². The molecule has 0 radical (unpaired) electrons. The predicted molar refractivity (Wildman–Crippen MR) is 73.7 cm³/mol. The maximum Gasteiger partial charge on any atom is 0.142 e. The van der Waals surface area contributed by atoms with Gasteiger partial charge in [0.1, 0.15) is 11.5 Å². The maximum absolute atomic E-state index is 5.51. The van der Waals surface area contributed by atoms with Gasteiger partial charge in [0.25, 0.3) is 0 Å². The molecule has 19 heavy (non-hydrogen) atoms. The van der Waals surface area contributed by atoms with E-state index in [0.29, 0.717) is 0 Å². The lowest BCUT2D eigenvalue weighted by Crippen LogP contribution is -2.36. The van der Waals surface area contributed by atoms with Crippen molar-refractivity contribution in [1.29, 1.82) is 0 Å². The number of nitrogens with zero attached hydrogens (tertiary/aromatic N) is 1. The molecule has 1 aromatic carbocycles. The van der Waals surface area contributed by atoms with Crippen molar-refractivity contribution in [2.24, 2.45) is 0 Å². The fourth-order valence-corrected chi connectivity index (χ4v) is 2.34. The summed E-state index contributed by atoms with van der Waals surface area (Å²) in [5.74, 6) is 1.72. The third-order valence-electron chi connectivity index (χ3n) is 3.34. The van der Waals surface area contributed by atoms with Crippen LogP contribution in [0, 0.1) is 0 Å². The smallest absolute Gasteiger partial charge is 0.142 e. The molecule has 1 fully saturated rings. The van der Waals surface area contributed by atoms with Crippen molar-refractivity contribution < 1.29 is 13.9 Å². The Bertz CT molecular complexity index is 530. The second-order valence-corrected chi connectivity index (χ2v) is 4.46. The number of anilines is 1. The second-order valence-electron chi connectivity index (χ2n) is 4.46. The molecule has 4 nitrogen and oxygen atoms in total. The van der Waals surface area contributed by atoms with Gasteiger partial charge >= 0.3 is 0 Å². The molecule has 0 bridgehead atoms. The Morgan fingerprint density at radius 3 is 2.68 bits per heavy atom. The third kappa shape index (κ3) is 2.44. The SMILES string of the molecule is COc1cc(-c2ccco2)ccc1N1CCOCC1. The number of hydrogen-bond donors (Lipinski definition) is 0. The molecular weight excluding hydrogens is 242 g/mol. The van der Waals surface area contributed by atoms with Crippen molar-refractivity contribution >= 4 is 5.69 Å². The van der Waals surface area contributed by atoms with Crippen LogP contribution in [-0.4, -0.2) is 33.4 Å². The van der Waals surface area contributed by atoms with Gasteiger partial charge in [-0.3, -0.25) is 0 Å². The molecule has 1 aliphatic rings. The number of ether oxygens (including phenoxy) is 2. The lowest BCUT2D eigenvalue weighted by Gasteiger charge is -2.30. The van der Waals surface area contributed by atoms with E-state index in [1.807, 2.05) is 18.2 Å². The Kier molecular flexibility index (Phi) is 3.42. The molecule has 0 atom stereocenters. The molecule has 100 valence electrons. The highest BCUT2D eigenvalue weighted by Crippen LogP contribution is 2.33. The zero-order chi connectivity index (χ0) is 13.1. The summed E-state index contributed by atoms with van der Waals surface area (Å²) >= 11 is 0. The Balaban J connectivity index is 1.93. The van der Waals surface area contributed by atoms with Gasteiger partial charge in [0.05, 0.1) is 32.3 Å². The molecule has 3 rings (SSSR count). The number of furan rings is 1. The summed E-state index contributed by atoms with van der Waals surface area (Å²) < 4.78 is 16.3. The molecular formula is C15H17NO3. The van der Waals surface area contributed by atoms with Crippen molar-refractivity contribution in [1.82, 2.24) is 0 Å². The van der Waals surface area contributed by atoms with E-state index in [-0.39, 0.29) is 0 Å². The first-order chi connectivity index (χ1) is 9.38. The highest BCUT2D eigenvalue weighted by atomic mass is 16.5. The summed E-state index contributed by atoms with van der Waals surface area (Å²) in [6.45, 7) is 3.33. The topological polar surface area (TPSA) is 34.8 Å². The van der Waals surface area contributed by atoms with E-state index in [9.17, 15) is 0 Å². The molecule has 0 saturated carbocycles. The van der Waals surface area contributed by atoms with Crippen LogP contribution < -0.4 is 9.64 Å². The number of hydrogen-bond acceptors (Lipinski definition) is 4. The van der Waals surface area contributed by atoms with Gasteiger partial charge in [-0.1, -0.05) is 0 Å². The number of morpholine rings is 1. The quantitative estimate of drug-likeness (QED) is 0.849. The van der Waals surface area contributed by atoms with E-state index in [4.69, 9.17) is 13.9 Å². The standard InChI is InChI=1S/C15H17NO3/c1-17-15-11-12(14-3-2-8-19-14)4-5-13(15)16-6-9-18-10-7-16/h2-5,8,11H,6-7,9-10H2,1H3. The highest BCUT2D eigenvalue weighted by molar-refractivity contribution is 5.69. The summed E-state index contributed by atoms with van der Waals surface area (Å²) in [5.41, 5.74) is 2.14. The molecule has 1 aliphatic heterocycles. The largest absolute Gasteiger partial charge is 0.495 e. The molecule has 0 unspecified atom stereocenters. The van der Waals surface area contributed by atoms with E-state index in [2.05, 4.69) is 17.0 Å². The van der Waals surface area contributed by atoms with E-state index in [1.54, 1.807) is 13.4 Å². The minimum atomic E-state index is 0.767. The Labute approximate surface area is 112 Å². The normalized spacial score (nSPS) is 15.5. The van der Waals surface area contributed by atoms with Gasteiger partial charge in [-0.25, -0.2) is 0 Å². The van der Waals surface area contributed by atoms with Crippen molar-refractivity contribution in [2.45, 2.75) is 0 Å². The van der Waals surface area contributed by atoms with E-state index < -0.39 is 0 Å². The number of rotatable bonds is 3. The summed E-state index contributed by atoms with van der Waals surface area (Å²) in [4.78, 5) is 2.29. The first-order valence-electron chi connectivity index (χ1n) is 6.43. The Hall–Kier alpha value is -1.94. The van der Waals surface area contributed by atoms with Crippen LogP contribution in [0.1, 0.15) is 0 Å². The lowest BCUT2D eigenvalue weighted by molar-refractivity contribution is 0.122. The summed E-state index contributed by atoms with van der Waals surface area (Å²) in [7, 11) is 1.70. The predicted octanol–water partition coefficient (Wildman–Crippen LogP) is 2.79. The van der Waals surface area contributed by atoms with E-state index in [0.717, 1.165) is 49.1 Å². The fourth-order valence-electron chi connectivity index (χ4n) is 2.34. The van der Waals surface area contributed by atoms with Crippen LogP contribution in [-0.2, 0) is 4.74 Å². The second kappa shape index (κ2) is 5.36. The van der Waals surface area contributed by atoms with E-state index >= 15 is 0 Å². The average Bonchev–Trinajstić information content (AvgIpc) is 3.02. The third-order valence-corrected chi connectivity index (χ3v) is 3.34. The van der Waals surface area contributed by atoms with Crippen molar-refractivity contribution in [3.8, 4) is 17.1 Å². The van der Waals surface area contributed by atoms with Crippen LogP contribution in [0.4, 0.5) is 5.69 Å². The summed E-state index contributed by atoms with van der Waals surface area (Å²) in [6, 6.07) is 10.00. The maximum atomic E-state index is 5.51. The summed E-state index contributed by atoms with van der Waals surface area (Å²) in [6.07, 6.45) is 1.68. The van der Waals surface area contributed by atoms with Crippen molar-refractivity contribution in [3.05, 3.63) is 36.6 Å². The van der Waals surface area contributed by atoms with Crippen LogP contribution in [0.2, 0.25) is 0 Å². The Morgan fingerprint density at radius 1 is 1.16 bits per heavy atom. The zero-order valence-electron chi connectivity index (χ0n) is 11.0. The van der Waals surface area contributed by atoms with Crippen LogP contribution >= 0.6 is 0 Å². The van der Waals surface area contributed by atoms with Gasteiger partial charge in [0.2, 0.25) is 0 Å². The van der Waals surface area contributed by atoms with Gasteiger partial charge in [0, 0.05) is 18.7 Å². The van der Waals surface area contributed by atoms with Crippen molar-refractivity contribution in [2.75, 3.05) is 38.3 Å². The first kappa shape index (κ1) is 12.1. The molecule has 0 amide bonds. The van der Waals surface area contributed by atoms with E-state index in [1.165, 1.54) is 0 Å². The van der Waals surface area contributed by atoms with Gasteiger partial charge in [-0.05, 0) is 30.3 Å². The molecule has 0 N–H and O–H groups in total. The molecule has 0 spiro atoms. The zero-order valence-corrected chi connectivity index (χ0v) is 11.0. The minimum Gasteiger partial charge on any atom is -0.495 e. The molecule has 1 aromatic heterocycles. The van der Waals surface area contributed by atoms with Gasteiger partial charge in [-0.15, -0.1) is 0 Å². The highest BCUT2D eigenvalue weighted by Gasteiger charge is 2.16.